The second-order valence-corrected chi connectivity index (χ2v) is 9.23. The Bertz CT molecular complexity index is 1470. The lowest BCUT2D eigenvalue weighted by atomic mass is 9.72. The molecular formula is C33H26F6N2O2. The Balaban J connectivity index is 0.000000628. The maximum Gasteiger partial charge on any atom is 0.411 e. The molecule has 0 saturated carbocycles. The number of ether oxygens (including phenoxy) is 2. The smallest absolute Gasteiger partial charge is 0.411 e. The van der Waals surface area contributed by atoms with Crippen molar-refractivity contribution in [3.8, 4) is 23.0 Å². The standard InChI is InChI=1S/C27H20F6N2O2.C6H6/c28-26(29,30)25(27(31,32)33,21-5-1-3-7-23(21)36-19-13-9-17(34)10-14-19)22-6-2-4-8-24(22)37-20-15-11-18(35)12-16-20;1-2-4-6-5-3-1/h1-16H,34-35H2;1-6H. The summed E-state index contributed by atoms with van der Waals surface area (Å²) in [6.45, 7) is 0. The normalized spacial score (nSPS) is 11.7. The number of nitrogen functional groups attached to an aromatic ring is 2. The van der Waals surface area contributed by atoms with Crippen molar-refractivity contribution in [1.82, 2.24) is 0 Å². The van der Waals surface area contributed by atoms with Crippen LogP contribution in [-0.2, 0) is 5.41 Å². The summed E-state index contributed by atoms with van der Waals surface area (Å²) in [7, 11) is 0. The predicted octanol–water partition coefficient (Wildman–Crippen LogP) is 9.53. The largest absolute Gasteiger partial charge is 0.457 e. The number of anilines is 2. The van der Waals surface area contributed by atoms with Crippen LogP contribution in [0.15, 0.2) is 133 Å². The minimum Gasteiger partial charge on any atom is -0.457 e. The highest BCUT2D eigenvalue weighted by Gasteiger charge is 2.74. The molecule has 5 rings (SSSR count). The second kappa shape index (κ2) is 12.8. The number of para-hydroxylation sites is 2. The van der Waals surface area contributed by atoms with Crippen molar-refractivity contribution in [1.29, 1.82) is 0 Å². The molecule has 43 heavy (non-hydrogen) atoms. The van der Waals surface area contributed by atoms with Gasteiger partial charge in [0.2, 0.25) is 5.41 Å². The molecule has 0 heterocycles. The van der Waals surface area contributed by atoms with Gasteiger partial charge in [0.15, 0.2) is 0 Å². The Labute approximate surface area is 244 Å². The van der Waals surface area contributed by atoms with Crippen molar-refractivity contribution < 1.29 is 35.8 Å². The summed E-state index contributed by atoms with van der Waals surface area (Å²) in [4.78, 5) is 0. The maximum absolute atomic E-state index is 14.9. The van der Waals surface area contributed by atoms with E-state index in [1.165, 1.54) is 60.7 Å². The Hall–Kier alpha value is -5.12. The summed E-state index contributed by atoms with van der Waals surface area (Å²) in [6, 6.07) is 31.3. The first-order valence-corrected chi connectivity index (χ1v) is 12.8. The SMILES string of the molecule is Nc1ccc(Oc2ccccc2C(c2ccccc2Oc2ccc(N)cc2)(C(F)(F)F)C(F)(F)F)cc1.c1ccccc1. The molecule has 0 aromatic heterocycles. The molecule has 5 aromatic carbocycles. The molecule has 0 radical (unpaired) electrons. The molecule has 0 bridgehead atoms. The van der Waals surface area contributed by atoms with Crippen LogP contribution < -0.4 is 20.9 Å². The Morgan fingerprint density at radius 2 is 0.698 bits per heavy atom. The average molecular weight is 597 g/mol. The van der Waals surface area contributed by atoms with Gasteiger partial charge in [0.1, 0.15) is 23.0 Å². The third-order valence-electron chi connectivity index (χ3n) is 6.32. The Kier molecular flexibility index (Phi) is 9.18. The molecule has 4 N–H and O–H groups in total. The molecule has 10 heteroatoms. The van der Waals surface area contributed by atoms with Crippen LogP contribution in [0.3, 0.4) is 0 Å². The van der Waals surface area contributed by atoms with Crippen LogP contribution in [0.25, 0.3) is 0 Å². The molecule has 0 aliphatic heterocycles. The van der Waals surface area contributed by atoms with Gasteiger partial charge < -0.3 is 20.9 Å². The van der Waals surface area contributed by atoms with Gasteiger partial charge in [-0.1, -0.05) is 72.8 Å². The lowest BCUT2D eigenvalue weighted by Gasteiger charge is -2.39. The van der Waals surface area contributed by atoms with E-state index in [1.807, 2.05) is 36.4 Å². The van der Waals surface area contributed by atoms with E-state index in [1.54, 1.807) is 0 Å². The number of rotatable bonds is 6. The fraction of sp³-hybridized carbons (Fsp3) is 0.0909. The van der Waals surface area contributed by atoms with Gasteiger partial charge in [-0.25, -0.2) is 0 Å². The molecule has 0 aliphatic carbocycles. The van der Waals surface area contributed by atoms with E-state index in [9.17, 15) is 26.3 Å². The summed E-state index contributed by atoms with van der Waals surface area (Å²) < 4.78 is 101. The first-order valence-electron chi connectivity index (χ1n) is 12.8. The van der Waals surface area contributed by atoms with Crippen LogP contribution in [0.5, 0.6) is 23.0 Å². The van der Waals surface area contributed by atoms with Crippen molar-refractivity contribution in [2.45, 2.75) is 17.8 Å². The van der Waals surface area contributed by atoms with Gasteiger partial charge in [0, 0.05) is 22.5 Å². The first kappa shape index (κ1) is 30.8. The maximum atomic E-state index is 14.9. The molecule has 0 atom stereocenters. The van der Waals surface area contributed by atoms with Gasteiger partial charge >= 0.3 is 12.4 Å². The summed E-state index contributed by atoms with van der Waals surface area (Å²) in [5, 5.41) is 0. The van der Waals surface area contributed by atoms with Crippen molar-refractivity contribution in [3.63, 3.8) is 0 Å². The van der Waals surface area contributed by atoms with E-state index in [2.05, 4.69) is 0 Å². The zero-order valence-corrected chi connectivity index (χ0v) is 22.4. The summed E-state index contributed by atoms with van der Waals surface area (Å²) >= 11 is 0. The number of hydrogen-bond donors (Lipinski definition) is 2. The summed E-state index contributed by atoms with van der Waals surface area (Å²) in [6.07, 6.45) is -11.7. The highest BCUT2D eigenvalue weighted by molar-refractivity contribution is 5.57. The molecule has 5 aromatic rings. The van der Waals surface area contributed by atoms with Crippen LogP contribution in [0, 0.1) is 0 Å². The zero-order chi connectivity index (χ0) is 31.1. The van der Waals surface area contributed by atoms with Crippen molar-refractivity contribution in [2.75, 3.05) is 11.5 Å². The third kappa shape index (κ3) is 6.86. The zero-order valence-electron chi connectivity index (χ0n) is 22.4. The van der Waals surface area contributed by atoms with E-state index in [4.69, 9.17) is 20.9 Å². The average Bonchev–Trinajstić information content (AvgIpc) is 2.97. The Morgan fingerprint density at radius 3 is 1.00 bits per heavy atom. The van der Waals surface area contributed by atoms with Crippen LogP contribution in [0.2, 0.25) is 0 Å². The third-order valence-corrected chi connectivity index (χ3v) is 6.32. The van der Waals surface area contributed by atoms with Gasteiger partial charge in [-0.3, -0.25) is 0 Å². The van der Waals surface area contributed by atoms with Gasteiger partial charge in [-0.05, 0) is 60.7 Å². The lowest BCUT2D eigenvalue weighted by molar-refractivity contribution is -0.289. The number of halogens is 6. The molecule has 0 fully saturated rings. The number of hydrogen-bond acceptors (Lipinski definition) is 4. The molecule has 0 saturated heterocycles. The number of alkyl halides is 6. The molecule has 0 unspecified atom stereocenters. The van der Waals surface area contributed by atoms with E-state index >= 15 is 0 Å². The van der Waals surface area contributed by atoms with Crippen molar-refractivity contribution in [2.24, 2.45) is 0 Å². The summed E-state index contributed by atoms with van der Waals surface area (Å²) in [5.74, 6) is -1.26. The van der Waals surface area contributed by atoms with Crippen LogP contribution >= 0.6 is 0 Å². The summed E-state index contributed by atoms with van der Waals surface area (Å²) in [5.41, 5.74) is 5.12. The molecular weight excluding hydrogens is 570 g/mol. The highest BCUT2D eigenvalue weighted by Crippen LogP contribution is 2.60. The highest BCUT2D eigenvalue weighted by atomic mass is 19.4. The molecule has 4 nitrogen and oxygen atoms in total. The predicted molar refractivity (Wildman–Crippen MR) is 154 cm³/mol. The molecule has 0 aliphatic rings. The van der Waals surface area contributed by atoms with E-state index in [0.717, 1.165) is 36.4 Å². The first-order chi connectivity index (χ1) is 20.4. The van der Waals surface area contributed by atoms with E-state index in [0.29, 0.717) is 11.4 Å². The number of benzene rings is 5. The van der Waals surface area contributed by atoms with Crippen molar-refractivity contribution >= 4 is 11.4 Å². The van der Waals surface area contributed by atoms with Gasteiger partial charge in [-0.2, -0.15) is 26.3 Å². The van der Waals surface area contributed by atoms with Crippen molar-refractivity contribution in [3.05, 3.63) is 145 Å². The monoisotopic (exact) mass is 596 g/mol. The molecule has 222 valence electrons. The number of nitrogens with two attached hydrogens (primary N) is 2. The van der Waals surface area contributed by atoms with Gasteiger partial charge in [0.25, 0.3) is 0 Å². The van der Waals surface area contributed by atoms with Crippen LogP contribution in [0.4, 0.5) is 37.7 Å². The fourth-order valence-electron chi connectivity index (χ4n) is 4.36. The topological polar surface area (TPSA) is 70.5 Å². The second-order valence-electron chi connectivity index (χ2n) is 9.23. The molecule has 0 amide bonds. The van der Waals surface area contributed by atoms with Gasteiger partial charge in [-0.15, -0.1) is 0 Å². The minimum absolute atomic E-state index is 0.00584. The van der Waals surface area contributed by atoms with E-state index < -0.39 is 40.4 Å². The Morgan fingerprint density at radius 1 is 0.395 bits per heavy atom. The minimum atomic E-state index is -5.85. The quantitative estimate of drug-likeness (QED) is 0.151. The lowest BCUT2D eigenvalue weighted by Crippen LogP contribution is -2.55. The molecule has 0 spiro atoms. The van der Waals surface area contributed by atoms with Crippen LogP contribution in [-0.4, -0.2) is 12.4 Å². The van der Waals surface area contributed by atoms with Crippen LogP contribution in [0.1, 0.15) is 11.1 Å². The van der Waals surface area contributed by atoms with E-state index in [-0.39, 0.29) is 11.5 Å². The van der Waals surface area contributed by atoms with Gasteiger partial charge in [0.05, 0.1) is 0 Å². The fourth-order valence-corrected chi connectivity index (χ4v) is 4.36.